The third-order valence-corrected chi connectivity index (χ3v) is 3.11. The highest BCUT2D eigenvalue weighted by molar-refractivity contribution is 5.76. The number of carbonyl (C=O) groups excluding carboxylic acids is 1. The average Bonchev–Trinajstić information content (AvgIpc) is 3.13. The molecule has 0 saturated heterocycles. The van der Waals surface area contributed by atoms with Crippen LogP contribution in [0.2, 0.25) is 0 Å². The molecule has 2 heterocycles. The molecule has 104 valence electrons. The van der Waals surface area contributed by atoms with Gasteiger partial charge in [0.2, 0.25) is 12.7 Å². The first kappa shape index (κ1) is 12.5. The minimum absolute atomic E-state index is 0.0114. The van der Waals surface area contributed by atoms with Gasteiger partial charge in [0.1, 0.15) is 0 Å². The van der Waals surface area contributed by atoms with E-state index in [-0.39, 0.29) is 12.7 Å². The van der Waals surface area contributed by atoms with Gasteiger partial charge in [0, 0.05) is 12.6 Å². The Morgan fingerprint density at radius 2 is 2.25 bits per heavy atom. The molecule has 0 bridgehead atoms. The lowest BCUT2D eigenvalue weighted by molar-refractivity contribution is -0.121. The molecule has 0 spiro atoms. The van der Waals surface area contributed by atoms with Crippen LogP contribution in [0.3, 0.4) is 0 Å². The highest BCUT2D eigenvalue weighted by Gasteiger charge is 2.13. The van der Waals surface area contributed by atoms with Gasteiger partial charge in [-0.25, -0.2) is 4.98 Å². The molecule has 0 saturated carbocycles. The van der Waals surface area contributed by atoms with Crippen molar-refractivity contribution in [3.8, 4) is 11.5 Å². The van der Waals surface area contributed by atoms with Crippen LogP contribution in [-0.4, -0.2) is 22.7 Å². The van der Waals surface area contributed by atoms with Crippen LogP contribution in [0.1, 0.15) is 17.7 Å². The van der Waals surface area contributed by atoms with Gasteiger partial charge in [0.15, 0.2) is 11.5 Å². The number of ether oxygens (including phenoxy) is 2. The number of nitrogens with one attached hydrogen (secondary N) is 2. The minimum atomic E-state index is 0.0114. The molecule has 6 nitrogen and oxygen atoms in total. The van der Waals surface area contributed by atoms with E-state index in [0.29, 0.717) is 19.4 Å². The molecule has 6 heteroatoms. The van der Waals surface area contributed by atoms with E-state index < -0.39 is 0 Å². The largest absolute Gasteiger partial charge is 0.454 e. The number of carbonyl (C=O) groups is 1. The van der Waals surface area contributed by atoms with E-state index in [1.54, 1.807) is 12.5 Å². The molecule has 0 radical (unpaired) electrons. The number of fused-ring (bicyclic) bond motifs is 1. The van der Waals surface area contributed by atoms with Crippen molar-refractivity contribution in [1.82, 2.24) is 15.3 Å². The highest BCUT2D eigenvalue weighted by Crippen LogP contribution is 2.32. The molecule has 1 aromatic heterocycles. The van der Waals surface area contributed by atoms with Gasteiger partial charge in [-0.15, -0.1) is 0 Å². The van der Waals surface area contributed by atoms with Crippen LogP contribution in [-0.2, 0) is 17.8 Å². The van der Waals surface area contributed by atoms with E-state index in [9.17, 15) is 4.79 Å². The van der Waals surface area contributed by atoms with Crippen molar-refractivity contribution in [3.05, 3.63) is 42.0 Å². The lowest BCUT2D eigenvalue weighted by Gasteiger charge is -2.05. The van der Waals surface area contributed by atoms with Gasteiger partial charge < -0.3 is 19.8 Å². The van der Waals surface area contributed by atoms with Gasteiger partial charge in [0.05, 0.1) is 18.6 Å². The number of hydrogen-bond donors (Lipinski definition) is 2. The van der Waals surface area contributed by atoms with E-state index >= 15 is 0 Å². The summed E-state index contributed by atoms with van der Waals surface area (Å²) in [6.45, 7) is 0.740. The molecule has 0 atom stereocenters. The van der Waals surface area contributed by atoms with Crippen LogP contribution >= 0.6 is 0 Å². The number of H-pyrrole nitrogens is 1. The SMILES string of the molecule is O=C(CCc1ccc2c(c1)OCO2)NCc1cnc[nH]1. The van der Waals surface area contributed by atoms with Crippen molar-refractivity contribution in [2.24, 2.45) is 0 Å². The van der Waals surface area contributed by atoms with E-state index in [1.165, 1.54) is 0 Å². The van der Waals surface area contributed by atoms with E-state index in [1.807, 2.05) is 18.2 Å². The van der Waals surface area contributed by atoms with Gasteiger partial charge in [-0.3, -0.25) is 4.79 Å². The lowest BCUT2D eigenvalue weighted by Crippen LogP contribution is -2.23. The minimum Gasteiger partial charge on any atom is -0.454 e. The third kappa shape index (κ3) is 2.90. The Kier molecular flexibility index (Phi) is 3.54. The van der Waals surface area contributed by atoms with Crippen molar-refractivity contribution in [3.63, 3.8) is 0 Å². The van der Waals surface area contributed by atoms with Gasteiger partial charge >= 0.3 is 0 Å². The highest BCUT2D eigenvalue weighted by atomic mass is 16.7. The Morgan fingerprint density at radius 3 is 3.10 bits per heavy atom. The second kappa shape index (κ2) is 5.64. The van der Waals surface area contributed by atoms with Gasteiger partial charge in [-0.05, 0) is 24.1 Å². The van der Waals surface area contributed by atoms with E-state index in [2.05, 4.69) is 15.3 Å². The number of benzene rings is 1. The predicted octanol–water partition coefficient (Wildman–Crippen LogP) is 1.39. The summed E-state index contributed by atoms with van der Waals surface area (Å²) in [5.41, 5.74) is 1.95. The average molecular weight is 273 g/mol. The molecule has 1 amide bonds. The third-order valence-electron chi connectivity index (χ3n) is 3.11. The van der Waals surface area contributed by atoms with Crippen LogP contribution in [0.25, 0.3) is 0 Å². The van der Waals surface area contributed by atoms with Crippen molar-refractivity contribution < 1.29 is 14.3 Å². The summed E-state index contributed by atoms with van der Waals surface area (Å²) in [5, 5.41) is 2.84. The fourth-order valence-corrected chi connectivity index (χ4v) is 2.02. The summed E-state index contributed by atoms with van der Waals surface area (Å²) >= 11 is 0. The summed E-state index contributed by atoms with van der Waals surface area (Å²) in [6.07, 6.45) is 4.39. The number of aromatic amines is 1. The number of imidazole rings is 1. The van der Waals surface area contributed by atoms with Gasteiger partial charge in [0.25, 0.3) is 0 Å². The van der Waals surface area contributed by atoms with Crippen LogP contribution in [0.5, 0.6) is 11.5 Å². The second-order valence-corrected chi connectivity index (χ2v) is 4.54. The second-order valence-electron chi connectivity index (χ2n) is 4.54. The number of hydrogen-bond acceptors (Lipinski definition) is 4. The molecule has 0 aliphatic carbocycles. The lowest BCUT2D eigenvalue weighted by atomic mass is 10.1. The van der Waals surface area contributed by atoms with Crippen molar-refractivity contribution in [2.45, 2.75) is 19.4 Å². The Labute approximate surface area is 116 Å². The normalized spacial score (nSPS) is 12.4. The van der Waals surface area contributed by atoms with Crippen LogP contribution < -0.4 is 14.8 Å². The number of nitrogens with zero attached hydrogens (tertiary/aromatic N) is 1. The molecule has 0 unspecified atom stereocenters. The molecule has 0 fully saturated rings. The topological polar surface area (TPSA) is 76.2 Å². The fraction of sp³-hybridized carbons (Fsp3) is 0.286. The Balaban J connectivity index is 1.48. The fourth-order valence-electron chi connectivity index (χ4n) is 2.02. The zero-order valence-electron chi connectivity index (χ0n) is 10.9. The zero-order valence-corrected chi connectivity index (χ0v) is 10.9. The molecule has 3 rings (SSSR count). The summed E-state index contributed by atoms with van der Waals surface area (Å²) in [6, 6.07) is 5.75. The summed E-state index contributed by atoms with van der Waals surface area (Å²) in [5.74, 6) is 1.52. The first-order valence-electron chi connectivity index (χ1n) is 6.44. The quantitative estimate of drug-likeness (QED) is 0.863. The van der Waals surface area contributed by atoms with Crippen LogP contribution in [0.4, 0.5) is 0 Å². The molecule has 2 aromatic rings. The monoisotopic (exact) mass is 273 g/mol. The Morgan fingerprint density at radius 1 is 1.35 bits per heavy atom. The number of aromatic nitrogens is 2. The molecular formula is C14H15N3O3. The maximum atomic E-state index is 11.7. The maximum absolute atomic E-state index is 11.7. The van der Waals surface area contributed by atoms with Crippen LogP contribution in [0.15, 0.2) is 30.7 Å². The Bertz CT molecular complexity index is 596. The number of rotatable bonds is 5. The Hall–Kier alpha value is -2.50. The van der Waals surface area contributed by atoms with Crippen molar-refractivity contribution >= 4 is 5.91 Å². The molecule has 1 aromatic carbocycles. The summed E-state index contributed by atoms with van der Waals surface area (Å²) in [4.78, 5) is 18.6. The number of amides is 1. The first-order chi connectivity index (χ1) is 9.81. The first-order valence-corrected chi connectivity index (χ1v) is 6.44. The van der Waals surface area contributed by atoms with Crippen LogP contribution in [0, 0.1) is 0 Å². The zero-order chi connectivity index (χ0) is 13.8. The standard InChI is InChI=1S/C14H15N3O3/c18-14(16-7-11-6-15-8-17-11)4-2-10-1-3-12-13(5-10)20-9-19-12/h1,3,5-6,8H,2,4,7,9H2,(H,15,17)(H,16,18). The predicted molar refractivity (Wildman–Crippen MR) is 71.3 cm³/mol. The summed E-state index contributed by atoms with van der Waals surface area (Å²) in [7, 11) is 0. The molecule has 2 N–H and O–H groups in total. The van der Waals surface area contributed by atoms with Gasteiger partial charge in [-0.2, -0.15) is 0 Å². The summed E-state index contributed by atoms with van der Waals surface area (Å²) < 4.78 is 10.6. The van der Waals surface area contributed by atoms with E-state index in [0.717, 1.165) is 22.8 Å². The van der Waals surface area contributed by atoms with Crippen molar-refractivity contribution in [2.75, 3.05) is 6.79 Å². The molecule has 1 aliphatic heterocycles. The molecular weight excluding hydrogens is 258 g/mol. The van der Waals surface area contributed by atoms with Gasteiger partial charge in [-0.1, -0.05) is 6.07 Å². The molecule has 1 aliphatic rings. The van der Waals surface area contributed by atoms with Crippen molar-refractivity contribution in [1.29, 1.82) is 0 Å². The number of aryl methyl sites for hydroxylation is 1. The molecule has 20 heavy (non-hydrogen) atoms. The van der Waals surface area contributed by atoms with E-state index in [4.69, 9.17) is 9.47 Å². The maximum Gasteiger partial charge on any atom is 0.231 e. The smallest absolute Gasteiger partial charge is 0.231 e.